The summed E-state index contributed by atoms with van der Waals surface area (Å²) >= 11 is 3.43. The van der Waals surface area contributed by atoms with Crippen LogP contribution in [-0.4, -0.2) is 32.4 Å². The number of nitrogens with zero attached hydrogens (tertiary/aromatic N) is 2. The van der Waals surface area contributed by atoms with Gasteiger partial charge in [-0.25, -0.2) is 4.68 Å². The van der Waals surface area contributed by atoms with Crippen LogP contribution in [0.2, 0.25) is 0 Å². The largest absolute Gasteiger partial charge is 0.390 e. The van der Waals surface area contributed by atoms with Crippen LogP contribution in [0.25, 0.3) is 10.8 Å². The molecule has 0 radical (unpaired) electrons. The molecule has 0 aliphatic heterocycles. The van der Waals surface area contributed by atoms with Crippen molar-refractivity contribution in [3.05, 3.63) is 38.7 Å². The average molecular weight is 408 g/mol. The van der Waals surface area contributed by atoms with Crippen LogP contribution in [0.15, 0.2) is 27.5 Å². The Morgan fingerprint density at radius 1 is 1.44 bits per heavy atom. The Kier molecular flexibility index (Phi) is 4.72. The Morgan fingerprint density at radius 3 is 2.72 bits per heavy atom. The van der Waals surface area contributed by atoms with Gasteiger partial charge in [0.2, 0.25) is 5.91 Å². The molecule has 1 heterocycles. The number of hydrogen-bond donors (Lipinski definition) is 2. The summed E-state index contributed by atoms with van der Waals surface area (Å²) in [5.41, 5.74) is -0.188. The summed E-state index contributed by atoms with van der Waals surface area (Å²) in [5, 5.41) is 18.4. The molecule has 1 fully saturated rings. The van der Waals surface area contributed by atoms with Crippen molar-refractivity contribution in [3.63, 3.8) is 0 Å². The van der Waals surface area contributed by atoms with Crippen molar-refractivity contribution in [1.29, 1.82) is 0 Å². The lowest BCUT2D eigenvalue weighted by atomic mass is 9.77. The summed E-state index contributed by atoms with van der Waals surface area (Å²) in [6.07, 6.45) is 1.06. The van der Waals surface area contributed by atoms with Gasteiger partial charge < -0.3 is 10.4 Å². The van der Waals surface area contributed by atoms with Gasteiger partial charge in [0.1, 0.15) is 6.54 Å². The van der Waals surface area contributed by atoms with Gasteiger partial charge in [-0.05, 0) is 43.9 Å². The van der Waals surface area contributed by atoms with Crippen molar-refractivity contribution in [2.24, 2.45) is 0 Å². The van der Waals surface area contributed by atoms with Gasteiger partial charge in [0, 0.05) is 15.9 Å². The van der Waals surface area contributed by atoms with Gasteiger partial charge in [0.15, 0.2) is 0 Å². The third-order valence-corrected chi connectivity index (χ3v) is 5.02. The molecule has 2 aromatic rings. The highest BCUT2D eigenvalue weighted by Crippen LogP contribution is 2.31. The highest BCUT2D eigenvalue weighted by molar-refractivity contribution is 9.10. The monoisotopic (exact) mass is 407 g/mol. The molecule has 0 saturated heterocycles. The number of nitrogens with one attached hydrogen (secondary N) is 1. The van der Waals surface area contributed by atoms with Crippen molar-refractivity contribution in [3.8, 4) is 0 Å². The number of carbonyl (C=O) groups is 1. The third-order valence-electron chi connectivity index (χ3n) is 4.53. The van der Waals surface area contributed by atoms with E-state index >= 15 is 0 Å². The predicted molar refractivity (Wildman–Crippen MR) is 99.6 cm³/mol. The summed E-state index contributed by atoms with van der Waals surface area (Å²) in [4.78, 5) is 24.9. The van der Waals surface area contributed by atoms with Crippen LogP contribution in [-0.2, 0) is 11.3 Å². The maximum atomic E-state index is 12.7. The van der Waals surface area contributed by atoms with Gasteiger partial charge in [0.05, 0.1) is 16.7 Å². The van der Waals surface area contributed by atoms with Crippen LogP contribution in [0, 0.1) is 0 Å². The van der Waals surface area contributed by atoms with Gasteiger partial charge >= 0.3 is 0 Å². The first-order valence-corrected chi connectivity index (χ1v) is 9.17. The van der Waals surface area contributed by atoms with E-state index < -0.39 is 5.60 Å². The molecule has 7 heteroatoms. The van der Waals surface area contributed by atoms with E-state index in [1.165, 1.54) is 4.68 Å². The van der Waals surface area contributed by atoms with Gasteiger partial charge in [-0.2, -0.15) is 5.10 Å². The highest BCUT2D eigenvalue weighted by Gasteiger charge is 2.39. The molecule has 25 heavy (non-hydrogen) atoms. The Hall–Kier alpha value is -1.73. The molecular formula is C18H22BrN3O3. The Morgan fingerprint density at radius 2 is 2.12 bits per heavy atom. The molecule has 134 valence electrons. The zero-order valence-corrected chi connectivity index (χ0v) is 16.1. The van der Waals surface area contributed by atoms with Crippen LogP contribution in [0.5, 0.6) is 0 Å². The normalized spacial score (nSPS) is 22.9. The van der Waals surface area contributed by atoms with Crippen LogP contribution in [0.4, 0.5) is 0 Å². The number of hydrogen-bond acceptors (Lipinski definition) is 4. The Labute approximate surface area is 154 Å². The second kappa shape index (κ2) is 6.53. The van der Waals surface area contributed by atoms with E-state index in [4.69, 9.17) is 0 Å². The van der Waals surface area contributed by atoms with E-state index in [0.29, 0.717) is 18.2 Å². The summed E-state index contributed by atoms with van der Waals surface area (Å²) in [6, 6.07) is 5.42. The summed E-state index contributed by atoms with van der Waals surface area (Å²) in [5.74, 6) is -0.144. The first-order chi connectivity index (χ1) is 11.7. The summed E-state index contributed by atoms with van der Waals surface area (Å²) in [6.45, 7) is 5.64. The molecule has 2 N–H and O–H groups in total. The molecule has 0 bridgehead atoms. The molecule has 3 rings (SSSR count). The smallest absolute Gasteiger partial charge is 0.275 e. The number of amides is 1. The van der Waals surface area contributed by atoms with Crippen LogP contribution >= 0.6 is 15.9 Å². The molecule has 1 aromatic carbocycles. The molecule has 1 saturated carbocycles. The zero-order chi connectivity index (χ0) is 18.4. The first kappa shape index (κ1) is 18.1. The quantitative estimate of drug-likeness (QED) is 0.814. The second-order valence-electron chi connectivity index (χ2n) is 7.36. The molecule has 1 amide bonds. The average Bonchev–Trinajstić information content (AvgIpc) is 2.47. The van der Waals surface area contributed by atoms with E-state index in [9.17, 15) is 14.7 Å². The number of aromatic nitrogens is 2. The number of rotatable bonds is 4. The van der Waals surface area contributed by atoms with Crippen LogP contribution in [0.1, 0.15) is 45.2 Å². The molecule has 0 spiro atoms. The lowest BCUT2D eigenvalue weighted by molar-refractivity contribution is -0.125. The maximum absolute atomic E-state index is 12.7. The first-order valence-electron chi connectivity index (χ1n) is 8.38. The minimum Gasteiger partial charge on any atom is -0.390 e. The second-order valence-corrected chi connectivity index (χ2v) is 8.28. The summed E-state index contributed by atoms with van der Waals surface area (Å²) < 4.78 is 2.12. The van der Waals surface area contributed by atoms with Crippen LogP contribution in [0.3, 0.4) is 0 Å². The topological polar surface area (TPSA) is 84.2 Å². The van der Waals surface area contributed by atoms with Crippen molar-refractivity contribution in [2.45, 2.75) is 57.7 Å². The minimum absolute atomic E-state index is 0.0424. The molecule has 1 aliphatic carbocycles. The standard InChI is InChI=1S/C18H22BrN3O3/c1-10(2)16-14-6-11(19)4-5-13(14)17(24)22(21-16)9-15(23)20-12-7-18(3,25)8-12/h4-6,10,12,25H,7-9H2,1-3H3,(H,20,23)/t12-,18+. The number of carbonyl (C=O) groups excluding carboxylic acids is 1. The van der Waals surface area contributed by atoms with Crippen molar-refractivity contribution in [1.82, 2.24) is 15.1 Å². The zero-order valence-electron chi connectivity index (χ0n) is 14.5. The number of benzene rings is 1. The van der Waals surface area contributed by atoms with Crippen molar-refractivity contribution < 1.29 is 9.90 Å². The van der Waals surface area contributed by atoms with Gasteiger partial charge in [-0.3, -0.25) is 9.59 Å². The molecule has 0 atom stereocenters. The predicted octanol–water partition coefficient (Wildman–Crippen LogP) is 2.31. The number of fused-ring (bicyclic) bond motifs is 1. The molecular weight excluding hydrogens is 386 g/mol. The number of aliphatic hydroxyl groups is 1. The van der Waals surface area contributed by atoms with Crippen molar-refractivity contribution in [2.75, 3.05) is 0 Å². The van der Waals surface area contributed by atoms with Gasteiger partial charge in [-0.1, -0.05) is 29.8 Å². The fourth-order valence-corrected chi connectivity index (χ4v) is 3.69. The Balaban J connectivity index is 1.89. The fraction of sp³-hybridized carbons (Fsp3) is 0.500. The Bertz CT molecular complexity index is 881. The SMILES string of the molecule is CC(C)c1nn(CC(=O)N[C@H]2C[C@@](C)(O)C2)c(=O)c2ccc(Br)cc12. The van der Waals surface area contributed by atoms with E-state index in [2.05, 4.69) is 26.3 Å². The maximum Gasteiger partial charge on any atom is 0.275 e. The molecule has 1 aromatic heterocycles. The molecule has 1 aliphatic rings. The minimum atomic E-state index is -0.700. The van der Waals surface area contributed by atoms with Gasteiger partial charge in [0.25, 0.3) is 5.56 Å². The number of halogens is 1. The van der Waals surface area contributed by atoms with E-state index in [1.54, 1.807) is 13.0 Å². The lowest BCUT2D eigenvalue weighted by Gasteiger charge is -2.41. The van der Waals surface area contributed by atoms with E-state index in [0.717, 1.165) is 15.6 Å². The third kappa shape index (κ3) is 3.77. The molecule has 0 unspecified atom stereocenters. The van der Waals surface area contributed by atoms with Gasteiger partial charge in [-0.15, -0.1) is 0 Å². The highest BCUT2D eigenvalue weighted by atomic mass is 79.9. The molecule has 6 nitrogen and oxygen atoms in total. The van der Waals surface area contributed by atoms with Crippen molar-refractivity contribution >= 4 is 32.6 Å². The lowest BCUT2D eigenvalue weighted by Crippen LogP contribution is -2.54. The van der Waals surface area contributed by atoms with E-state index in [1.807, 2.05) is 26.0 Å². The van der Waals surface area contributed by atoms with Crippen LogP contribution < -0.4 is 10.9 Å². The summed E-state index contributed by atoms with van der Waals surface area (Å²) in [7, 11) is 0. The van der Waals surface area contributed by atoms with E-state index in [-0.39, 0.29) is 30.0 Å². The fourth-order valence-electron chi connectivity index (χ4n) is 3.33.